The number of hydrogen-bond acceptors (Lipinski definition) is 5. The second kappa shape index (κ2) is 5.00. The molecule has 0 saturated heterocycles. The topological polar surface area (TPSA) is 83.9 Å². The number of aromatic hydroxyl groups is 1. The minimum Gasteiger partial charge on any atom is -0.508 e. The standard InChI is InChI=1S/C16H11NO5/c1-22-16(21)9-5-6-12-13(7-9)15(20)17(14(12)19)10-3-2-4-11(18)8-10/h2-8,18H,1H3. The number of ether oxygens (including phenoxy) is 1. The molecule has 22 heavy (non-hydrogen) atoms. The van der Waals surface area contributed by atoms with Crippen LogP contribution in [0.5, 0.6) is 5.75 Å². The monoisotopic (exact) mass is 297 g/mol. The Balaban J connectivity index is 2.07. The van der Waals surface area contributed by atoms with Gasteiger partial charge in [0.2, 0.25) is 0 Å². The van der Waals surface area contributed by atoms with Crippen LogP contribution in [0.2, 0.25) is 0 Å². The van der Waals surface area contributed by atoms with Gasteiger partial charge in [-0.1, -0.05) is 6.07 Å². The zero-order valence-electron chi connectivity index (χ0n) is 11.6. The van der Waals surface area contributed by atoms with Crippen LogP contribution in [-0.4, -0.2) is 30.0 Å². The summed E-state index contributed by atoms with van der Waals surface area (Å²) in [6, 6.07) is 10.0. The molecule has 0 atom stereocenters. The lowest BCUT2D eigenvalue weighted by Crippen LogP contribution is -2.29. The van der Waals surface area contributed by atoms with Crippen LogP contribution in [-0.2, 0) is 4.74 Å². The number of benzene rings is 2. The first-order valence-electron chi connectivity index (χ1n) is 6.43. The van der Waals surface area contributed by atoms with Gasteiger partial charge in [0.05, 0.1) is 29.5 Å². The van der Waals surface area contributed by atoms with Gasteiger partial charge in [-0.15, -0.1) is 0 Å². The number of imide groups is 1. The molecular weight excluding hydrogens is 286 g/mol. The Kier molecular flexibility index (Phi) is 3.14. The highest BCUT2D eigenvalue weighted by molar-refractivity contribution is 6.34. The number of fused-ring (bicyclic) bond motifs is 1. The molecule has 110 valence electrons. The van der Waals surface area contributed by atoms with E-state index in [1.54, 1.807) is 6.07 Å². The first-order valence-corrected chi connectivity index (χ1v) is 6.43. The largest absolute Gasteiger partial charge is 0.508 e. The summed E-state index contributed by atoms with van der Waals surface area (Å²) < 4.78 is 4.60. The number of phenols is 1. The smallest absolute Gasteiger partial charge is 0.337 e. The van der Waals surface area contributed by atoms with E-state index in [-0.39, 0.29) is 28.1 Å². The number of rotatable bonds is 2. The molecule has 2 amide bonds. The minimum atomic E-state index is -0.584. The van der Waals surface area contributed by atoms with Crippen molar-refractivity contribution in [1.82, 2.24) is 0 Å². The van der Waals surface area contributed by atoms with Gasteiger partial charge in [-0.05, 0) is 30.3 Å². The van der Waals surface area contributed by atoms with Crippen molar-refractivity contribution in [3.63, 3.8) is 0 Å². The Morgan fingerprint density at radius 1 is 1.05 bits per heavy atom. The molecule has 1 heterocycles. The molecule has 3 rings (SSSR count). The fourth-order valence-corrected chi connectivity index (χ4v) is 2.35. The number of nitrogens with zero attached hydrogens (tertiary/aromatic N) is 1. The molecule has 0 saturated carbocycles. The maximum Gasteiger partial charge on any atom is 0.337 e. The molecule has 2 aromatic carbocycles. The van der Waals surface area contributed by atoms with Crippen LogP contribution in [0, 0.1) is 0 Å². The van der Waals surface area contributed by atoms with Crippen molar-refractivity contribution in [3.8, 4) is 5.75 Å². The molecule has 0 fully saturated rings. The summed E-state index contributed by atoms with van der Waals surface area (Å²) in [7, 11) is 1.24. The second-order valence-electron chi connectivity index (χ2n) is 4.72. The molecule has 0 aromatic heterocycles. The van der Waals surface area contributed by atoms with Gasteiger partial charge in [-0.3, -0.25) is 9.59 Å². The van der Waals surface area contributed by atoms with E-state index in [1.165, 1.54) is 43.5 Å². The van der Waals surface area contributed by atoms with Gasteiger partial charge < -0.3 is 9.84 Å². The van der Waals surface area contributed by atoms with Crippen LogP contribution < -0.4 is 4.90 Å². The quantitative estimate of drug-likeness (QED) is 0.677. The van der Waals surface area contributed by atoms with E-state index in [9.17, 15) is 19.5 Å². The summed E-state index contributed by atoms with van der Waals surface area (Å²) >= 11 is 0. The van der Waals surface area contributed by atoms with Crippen LogP contribution in [0.15, 0.2) is 42.5 Å². The molecule has 0 radical (unpaired) electrons. The van der Waals surface area contributed by atoms with Gasteiger partial charge in [0.1, 0.15) is 5.75 Å². The molecule has 2 aromatic rings. The zero-order valence-corrected chi connectivity index (χ0v) is 11.6. The lowest BCUT2D eigenvalue weighted by atomic mass is 10.1. The summed E-state index contributed by atoms with van der Waals surface area (Å²) in [6.45, 7) is 0. The minimum absolute atomic E-state index is 0.0516. The fourth-order valence-electron chi connectivity index (χ4n) is 2.35. The zero-order chi connectivity index (χ0) is 15.9. The fraction of sp³-hybridized carbons (Fsp3) is 0.0625. The van der Waals surface area contributed by atoms with E-state index < -0.39 is 17.8 Å². The third-order valence-electron chi connectivity index (χ3n) is 3.40. The van der Waals surface area contributed by atoms with Crippen LogP contribution in [0.4, 0.5) is 5.69 Å². The summed E-state index contributed by atoms with van der Waals surface area (Å²) in [4.78, 5) is 37.3. The highest BCUT2D eigenvalue weighted by Gasteiger charge is 2.37. The van der Waals surface area contributed by atoms with Crippen molar-refractivity contribution >= 4 is 23.5 Å². The van der Waals surface area contributed by atoms with Gasteiger partial charge in [0.15, 0.2) is 0 Å². The van der Waals surface area contributed by atoms with Gasteiger partial charge in [0.25, 0.3) is 11.8 Å². The lowest BCUT2D eigenvalue weighted by molar-refractivity contribution is 0.0600. The van der Waals surface area contributed by atoms with E-state index in [0.29, 0.717) is 0 Å². The average Bonchev–Trinajstić information content (AvgIpc) is 2.77. The van der Waals surface area contributed by atoms with E-state index in [1.807, 2.05) is 0 Å². The first-order chi connectivity index (χ1) is 10.5. The van der Waals surface area contributed by atoms with E-state index in [4.69, 9.17) is 0 Å². The molecule has 1 N–H and O–H groups in total. The molecule has 1 aliphatic rings. The Bertz CT molecular complexity index is 812. The Morgan fingerprint density at radius 3 is 2.45 bits per heavy atom. The molecular formula is C16H11NO5. The molecule has 6 heteroatoms. The van der Waals surface area contributed by atoms with E-state index in [2.05, 4.69) is 4.74 Å². The molecule has 0 bridgehead atoms. The van der Waals surface area contributed by atoms with Crippen LogP contribution >= 0.6 is 0 Å². The Labute approximate surface area is 125 Å². The number of carbonyl (C=O) groups is 3. The van der Waals surface area contributed by atoms with Crippen molar-refractivity contribution < 1.29 is 24.2 Å². The Hall–Kier alpha value is -3.15. The maximum atomic E-state index is 12.5. The molecule has 0 spiro atoms. The van der Waals surface area contributed by atoms with Crippen LogP contribution in [0.1, 0.15) is 31.1 Å². The van der Waals surface area contributed by atoms with E-state index in [0.717, 1.165) is 4.90 Å². The van der Waals surface area contributed by atoms with Gasteiger partial charge >= 0.3 is 5.97 Å². The number of phenolic OH excluding ortho intramolecular Hbond substituents is 1. The Morgan fingerprint density at radius 2 is 1.77 bits per heavy atom. The van der Waals surface area contributed by atoms with E-state index >= 15 is 0 Å². The van der Waals surface area contributed by atoms with Crippen molar-refractivity contribution in [2.45, 2.75) is 0 Å². The highest BCUT2D eigenvalue weighted by atomic mass is 16.5. The third kappa shape index (κ3) is 2.01. The van der Waals surface area contributed by atoms with Crippen LogP contribution in [0.3, 0.4) is 0 Å². The number of hydrogen-bond donors (Lipinski definition) is 1. The van der Waals surface area contributed by atoms with Gasteiger partial charge in [-0.25, -0.2) is 9.69 Å². The number of amides is 2. The van der Waals surface area contributed by atoms with Crippen molar-refractivity contribution in [2.75, 3.05) is 12.0 Å². The predicted octanol–water partition coefficient (Wildman–Crippen LogP) is 1.98. The predicted molar refractivity (Wildman–Crippen MR) is 77.0 cm³/mol. The van der Waals surface area contributed by atoms with Gasteiger partial charge in [-0.2, -0.15) is 0 Å². The maximum absolute atomic E-state index is 12.5. The van der Waals surface area contributed by atoms with Crippen molar-refractivity contribution in [2.24, 2.45) is 0 Å². The summed E-state index contributed by atoms with van der Waals surface area (Å²) in [5.74, 6) is -1.68. The molecule has 6 nitrogen and oxygen atoms in total. The van der Waals surface area contributed by atoms with Crippen molar-refractivity contribution in [3.05, 3.63) is 59.2 Å². The van der Waals surface area contributed by atoms with Crippen molar-refractivity contribution in [1.29, 1.82) is 0 Å². The number of anilines is 1. The average molecular weight is 297 g/mol. The normalized spacial score (nSPS) is 13.2. The molecule has 0 unspecified atom stereocenters. The molecule has 0 aliphatic carbocycles. The number of esters is 1. The third-order valence-corrected chi connectivity index (χ3v) is 3.40. The van der Waals surface area contributed by atoms with Crippen LogP contribution in [0.25, 0.3) is 0 Å². The lowest BCUT2D eigenvalue weighted by Gasteiger charge is -2.13. The number of carbonyl (C=O) groups excluding carboxylic acids is 3. The summed E-state index contributed by atoms with van der Waals surface area (Å²) in [6.07, 6.45) is 0. The summed E-state index contributed by atoms with van der Waals surface area (Å²) in [5, 5.41) is 9.50. The highest BCUT2D eigenvalue weighted by Crippen LogP contribution is 2.30. The SMILES string of the molecule is COC(=O)c1ccc2c(c1)C(=O)N(c1cccc(O)c1)C2=O. The van der Waals surface area contributed by atoms with Gasteiger partial charge in [0, 0.05) is 6.07 Å². The first kappa shape index (κ1) is 13.8. The second-order valence-corrected chi connectivity index (χ2v) is 4.72. The summed E-state index contributed by atoms with van der Waals surface area (Å²) in [5.41, 5.74) is 0.809. The molecule has 1 aliphatic heterocycles. The number of methoxy groups -OCH3 is 1.